The molecule has 4 unspecified atom stereocenters. The lowest BCUT2D eigenvalue weighted by Crippen LogP contribution is -2.53. The summed E-state index contributed by atoms with van der Waals surface area (Å²) in [5.41, 5.74) is 0. The van der Waals surface area contributed by atoms with Crippen LogP contribution in [0.25, 0.3) is 0 Å². The van der Waals surface area contributed by atoms with Gasteiger partial charge in [0.05, 0.1) is 24.9 Å². The van der Waals surface area contributed by atoms with Gasteiger partial charge in [0.25, 0.3) is 0 Å². The summed E-state index contributed by atoms with van der Waals surface area (Å²) in [6.07, 6.45) is 2.22. The van der Waals surface area contributed by atoms with Crippen LogP contribution in [0.15, 0.2) is 0 Å². The fourth-order valence-electron chi connectivity index (χ4n) is 4.15. The summed E-state index contributed by atoms with van der Waals surface area (Å²) < 4.78 is 12.0. The Balaban J connectivity index is 1.88. The van der Waals surface area contributed by atoms with Gasteiger partial charge in [-0.05, 0) is 46.0 Å². The minimum atomic E-state index is 0.343. The predicted molar refractivity (Wildman–Crippen MR) is 100 cm³/mol. The van der Waals surface area contributed by atoms with Crippen LogP contribution in [0.2, 0.25) is 0 Å². The van der Waals surface area contributed by atoms with E-state index in [-0.39, 0.29) is 0 Å². The Morgan fingerprint density at radius 3 is 2.17 bits per heavy atom. The Bertz CT molecular complexity index is 377. The maximum Gasteiger partial charge on any atom is 0.0709 e. The molecule has 142 valence electrons. The highest BCUT2D eigenvalue weighted by molar-refractivity contribution is 4.85. The molecule has 0 aromatic heterocycles. The highest BCUT2D eigenvalue weighted by Gasteiger charge is 2.32. The standard InChI is InChI=1S/C20H40N2O2/c1-14(2)18(6)22-12-17(5)24-20(13-22)10-15(3)19(7)21-8-9-23-16(4)11-21/h14-20H,8-13H2,1-7H3/t15?,16-,17+,18?,19?,20?/m0/s1. The number of morpholine rings is 2. The van der Waals surface area contributed by atoms with Crippen molar-refractivity contribution in [1.82, 2.24) is 9.80 Å². The van der Waals surface area contributed by atoms with Crippen LogP contribution in [0, 0.1) is 11.8 Å². The van der Waals surface area contributed by atoms with Crippen LogP contribution in [0.5, 0.6) is 0 Å². The average Bonchev–Trinajstić information content (AvgIpc) is 2.52. The summed E-state index contributed by atoms with van der Waals surface area (Å²) in [5, 5.41) is 0. The first-order valence-electron chi connectivity index (χ1n) is 10.0. The van der Waals surface area contributed by atoms with E-state index in [4.69, 9.17) is 9.47 Å². The summed E-state index contributed by atoms with van der Waals surface area (Å²) in [5.74, 6) is 1.34. The van der Waals surface area contributed by atoms with Crippen molar-refractivity contribution in [2.24, 2.45) is 11.8 Å². The molecule has 2 saturated heterocycles. The van der Waals surface area contributed by atoms with Crippen molar-refractivity contribution in [1.29, 1.82) is 0 Å². The third kappa shape index (κ3) is 5.42. The van der Waals surface area contributed by atoms with E-state index in [1.54, 1.807) is 0 Å². The van der Waals surface area contributed by atoms with E-state index in [2.05, 4.69) is 58.3 Å². The highest BCUT2D eigenvalue weighted by atomic mass is 16.5. The second-order valence-corrected chi connectivity index (χ2v) is 8.64. The smallest absolute Gasteiger partial charge is 0.0709 e. The van der Waals surface area contributed by atoms with Gasteiger partial charge in [-0.3, -0.25) is 9.80 Å². The zero-order valence-electron chi connectivity index (χ0n) is 17.0. The Hall–Kier alpha value is -0.160. The molecule has 0 aromatic carbocycles. The van der Waals surface area contributed by atoms with Crippen molar-refractivity contribution < 1.29 is 9.47 Å². The highest BCUT2D eigenvalue weighted by Crippen LogP contribution is 2.25. The number of hydrogen-bond acceptors (Lipinski definition) is 4. The summed E-state index contributed by atoms with van der Waals surface area (Å²) in [4.78, 5) is 5.23. The van der Waals surface area contributed by atoms with Crippen LogP contribution >= 0.6 is 0 Å². The van der Waals surface area contributed by atoms with Crippen molar-refractivity contribution in [2.45, 2.75) is 85.3 Å². The van der Waals surface area contributed by atoms with Gasteiger partial charge in [-0.15, -0.1) is 0 Å². The molecule has 4 nitrogen and oxygen atoms in total. The van der Waals surface area contributed by atoms with Crippen molar-refractivity contribution in [3.05, 3.63) is 0 Å². The van der Waals surface area contributed by atoms with E-state index in [1.807, 2.05) is 0 Å². The molecule has 0 radical (unpaired) electrons. The molecule has 0 amide bonds. The average molecular weight is 341 g/mol. The second-order valence-electron chi connectivity index (χ2n) is 8.64. The molecule has 24 heavy (non-hydrogen) atoms. The van der Waals surface area contributed by atoms with Crippen LogP contribution in [0.1, 0.15) is 54.9 Å². The Kier molecular flexibility index (Phi) is 7.54. The number of nitrogens with zero attached hydrogens (tertiary/aromatic N) is 2. The van der Waals surface area contributed by atoms with E-state index in [9.17, 15) is 0 Å². The molecule has 0 N–H and O–H groups in total. The van der Waals surface area contributed by atoms with E-state index in [0.717, 1.165) is 39.2 Å². The normalized spacial score (nSPS) is 34.2. The molecule has 2 heterocycles. The van der Waals surface area contributed by atoms with Crippen LogP contribution in [0.3, 0.4) is 0 Å². The molecule has 2 aliphatic rings. The molecule has 2 aliphatic heterocycles. The molecule has 4 heteroatoms. The number of ether oxygens (including phenoxy) is 2. The molecule has 2 rings (SSSR count). The molecule has 0 bridgehead atoms. The van der Waals surface area contributed by atoms with Crippen molar-refractivity contribution >= 4 is 0 Å². The molecular formula is C20H40N2O2. The Morgan fingerprint density at radius 1 is 0.875 bits per heavy atom. The molecule has 0 saturated carbocycles. The van der Waals surface area contributed by atoms with Gasteiger partial charge >= 0.3 is 0 Å². The fraction of sp³-hybridized carbons (Fsp3) is 1.00. The molecule has 2 fully saturated rings. The SMILES string of the molecule is CC(C)C(C)N1CC(CC(C)C(C)N2CCO[C@@H](C)C2)O[C@H](C)C1. The van der Waals surface area contributed by atoms with Crippen molar-refractivity contribution in [3.63, 3.8) is 0 Å². The maximum atomic E-state index is 6.29. The van der Waals surface area contributed by atoms with Gasteiger partial charge in [0.2, 0.25) is 0 Å². The van der Waals surface area contributed by atoms with E-state index < -0.39 is 0 Å². The van der Waals surface area contributed by atoms with Gasteiger partial charge in [0.1, 0.15) is 0 Å². The summed E-state index contributed by atoms with van der Waals surface area (Å²) in [6, 6.07) is 1.22. The van der Waals surface area contributed by atoms with Crippen LogP contribution in [-0.4, -0.2) is 73.0 Å². The third-order valence-corrected chi connectivity index (χ3v) is 6.20. The van der Waals surface area contributed by atoms with Crippen LogP contribution in [-0.2, 0) is 9.47 Å². The lowest BCUT2D eigenvalue weighted by Gasteiger charge is -2.43. The molecule has 6 atom stereocenters. The van der Waals surface area contributed by atoms with E-state index in [1.165, 1.54) is 0 Å². The predicted octanol–water partition coefficient (Wildman–Crippen LogP) is 3.26. The molecular weight excluding hydrogens is 300 g/mol. The number of rotatable bonds is 6. The molecule has 0 aliphatic carbocycles. The van der Waals surface area contributed by atoms with Gasteiger partial charge in [-0.25, -0.2) is 0 Å². The molecule has 0 spiro atoms. The zero-order valence-corrected chi connectivity index (χ0v) is 17.0. The first-order chi connectivity index (χ1) is 11.3. The summed E-state index contributed by atoms with van der Waals surface area (Å²) in [7, 11) is 0. The topological polar surface area (TPSA) is 24.9 Å². The molecule has 0 aromatic rings. The first-order valence-corrected chi connectivity index (χ1v) is 10.0. The van der Waals surface area contributed by atoms with Crippen molar-refractivity contribution in [2.75, 3.05) is 32.8 Å². The maximum absolute atomic E-state index is 6.29. The lowest BCUT2D eigenvalue weighted by atomic mass is 9.93. The van der Waals surface area contributed by atoms with Crippen LogP contribution < -0.4 is 0 Å². The number of hydrogen-bond donors (Lipinski definition) is 0. The van der Waals surface area contributed by atoms with E-state index in [0.29, 0.717) is 42.2 Å². The summed E-state index contributed by atoms with van der Waals surface area (Å²) >= 11 is 0. The van der Waals surface area contributed by atoms with E-state index >= 15 is 0 Å². The van der Waals surface area contributed by atoms with Crippen LogP contribution in [0.4, 0.5) is 0 Å². The minimum Gasteiger partial charge on any atom is -0.376 e. The van der Waals surface area contributed by atoms with Crippen molar-refractivity contribution in [3.8, 4) is 0 Å². The van der Waals surface area contributed by atoms with Gasteiger partial charge < -0.3 is 9.47 Å². The van der Waals surface area contributed by atoms with Gasteiger partial charge in [-0.1, -0.05) is 20.8 Å². The van der Waals surface area contributed by atoms with Gasteiger partial charge in [0, 0.05) is 38.3 Å². The largest absolute Gasteiger partial charge is 0.376 e. The quantitative estimate of drug-likeness (QED) is 0.741. The van der Waals surface area contributed by atoms with Gasteiger partial charge in [-0.2, -0.15) is 0 Å². The van der Waals surface area contributed by atoms with Gasteiger partial charge in [0.15, 0.2) is 0 Å². The lowest BCUT2D eigenvalue weighted by molar-refractivity contribution is -0.103. The fourth-order valence-corrected chi connectivity index (χ4v) is 4.15. The summed E-state index contributed by atoms with van der Waals surface area (Å²) in [6.45, 7) is 21.3. The first kappa shape index (κ1) is 20.2. The Labute approximate surface area is 149 Å². The zero-order chi connectivity index (χ0) is 17.9. The third-order valence-electron chi connectivity index (χ3n) is 6.20. The Morgan fingerprint density at radius 2 is 1.54 bits per heavy atom. The monoisotopic (exact) mass is 340 g/mol. The second kappa shape index (κ2) is 8.98. The minimum absolute atomic E-state index is 0.343.